The molecule has 9 rings (SSSR count). The lowest BCUT2D eigenvalue weighted by Gasteiger charge is -2.63. The summed E-state index contributed by atoms with van der Waals surface area (Å²) in [5.41, 5.74) is 5.98. The van der Waals surface area contributed by atoms with E-state index in [1.54, 1.807) is 14.2 Å². The van der Waals surface area contributed by atoms with E-state index in [1.165, 1.54) is 5.56 Å². The molecule has 2 aromatic carbocycles. The Bertz CT molecular complexity index is 3340. The number of carboxylic acid groups (broad SMARTS) is 1. The van der Waals surface area contributed by atoms with Gasteiger partial charge in [0.1, 0.15) is 18.5 Å². The minimum absolute atomic E-state index is 0.00373. The van der Waals surface area contributed by atoms with Gasteiger partial charge in [-0.25, -0.2) is 4.79 Å². The van der Waals surface area contributed by atoms with Gasteiger partial charge in [0, 0.05) is 140 Å². The van der Waals surface area contributed by atoms with Crippen molar-refractivity contribution in [3.8, 4) is 5.75 Å². The van der Waals surface area contributed by atoms with Crippen LogP contribution in [0.1, 0.15) is 94.5 Å². The Hall–Kier alpha value is -5.69. The number of amides is 3. The molecular weight excluding hydrogens is 1290 g/mol. The summed E-state index contributed by atoms with van der Waals surface area (Å²) in [7, 11) is 7.36. The molecule has 6 aliphatic rings. The lowest BCUT2D eigenvalue weighted by molar-refractivity contribution is -0.201. The van der Waals surface area contributed by atoms with Gasteiger partial charge in [0.25, 0.3) is 0 Å². The highest BCUT2D eigenvalue weighted by molar-refractivity contribution is 8.76. The average molecular weight is 1390 g/mol. The summed E-state index contributed by atoms with van der Waals surface area (Å²) in [6.45, 7) is 23.0. The number of likely N-dealkylation sites (N-methyl/N-ethyl adjacent to an activating group) is 1. The van der Waals surface area contributed by atoms with E-state index in [-0.39, 0.29) is 56.3 Å². The van der Waals surface area contributed by atoms with Crippen LogP contribution in [0.25, 0.3) is 10.9 Å². The van der Waals surface area contributed by atoms with Crippen LogP contribution in [0.3, 0.4) is 0 Å². The molecule has 1 saturated carbocycles. The van der Waals surface area contributed by atoms with Crippen molar-refractivity contribution in [1.82, 2.24) is 30.7 Å². The number of aliphatic hydroxyl groups is 3. The first-order chi connectivity index (χ1) is 46.4. The predicted octanol–water partition coefficient (Wildman–Crippen LogP) is 3.44. The van der Waals surface area contributed by atoms with E-state index >= 15 is 4.79 Å². The average Bonchev–Trinajstić information content (AvgIpc) is 1.52. The second-order valence-corrected chi connectivity index (χ2v) is 29.7. The Morgan fingerprint density at radius 3 is 2.29 bits per heavy atom. The number of H-pyrrole nitrogens is 1. The number of methoxy groups -OCH3 is 2. The lowest BCUT2D eigenvalue weighted by Crippen LogP contribution is -2.81. The number of aromatic amines is 1. The van der Waals surface area contributed by atoms with Crippen LogP contribution in [0.5, 0.6) is 5.75 Å². The van der Waals surface area contributed by atoms with Gasteiger partial charge in [-0.1, -0.05) is 65.8 Å². The quantitative estimate of drug-likeness (QED) is 0.0229. The maximum absolute atomic E-state index is 15.2. The van der Waals surface area contributed by atoms with Crippen LogP contribution < -0.4 is 31.3 Å². The number of rotatable bonds is 36. The van der Waals surface area contributed by atoms with Crippen LogP contribution in [-0.4, -0.2) is 249 Å². The van der Waals surface area contributed by atoms with Gasteiger partial charge >= 0.3 is 12.1 Å². The van der Waals surface area contributed by atoms with Crippen LogP contribution in [0.4, 0.5) is 10.5 Å². The second kappa shape index (κ2) is 32.7. The topological polar surface area (TPSA) is 343 Å². The summed E-state index contributed by atoms with van der Waals surface area (Å²) in [5.74, 6) is -6.80. The van der Waals surface area contributed by atoms with Crippen molar-refractivity contribution in [2.24, 2.45) is 28.9 Å². The van der Waals surface area contributed by atoms with Crippen LogP contribution in [-0.2, 0) is 69.7 Å². The summed E-state index contributed by atoms with van der Waals surface area (Å²) in [6.07, 6.45) is 4.02. The molecule has 532 valence electrons. The fourth-order valence-electron chi connectivity index (χ4n) is 16.3. The number of alkyl carbamates (subject to hydrolysis) is 1. The third-order valence-electron chi connectivity index (χ3n) is 21.0. The number of carbonyl (C=O) groups is 7. The molecule has 2 unspecified atom stereocenters. The van der Waals surface area contributed by atoms with Gasteiger partial charge in [-0.2, -0.15) is 0 Å². The highest BCUT2D eigenvalue weighted by Gasteiger charge is 2.78. The van der Waals surface area contributed by atoms with E-state index in [4.69, 9.17) is 48.0 Å². The number of nitrogens with two attached hydrogens (primary N) is 1. The third kappa shape index (κ3) is 15.9. The normalized spacial score (nSPS) is 28.3. The zero-order chi connectivity index (χ0) is 70.0. The first-order valence-electron chi connectivity index (χ1n) is 33.7. The fraction of sp³-hybridized carbons (Fsp3) is 0.643. The highest BCUT2D eigenvalue weighted by atomic mass is 33.1. The van der Waals surface area contributed by atoms with Crippen molar-refractivity contribution >= 4 is 79.4 Å². The van der Waals surface area contributed by atoms with Gasteiger partial charge < -0.3 is 80.4 Å². The molecule has 3 aromatic rings. The number of piperidine rings is 1. The largest absolute Gasteiger partial charge is 0.496 e. The number of nitrogens with zero attached hydrogens (tertiary/aromatic N) is 3. The Labute approximate surface area is 576 Å². The lowest BCUT2D eigenvalue weighted by atomic mass is 9.47. The molecule has 1 spiro atoms. The first-order valence-corrected chi connectivity index (χ1v) is 36.2. The number of hydrogen-bond donors (Lipinski definition) is 9. The van der Waals surface area contributed by atoms with Gasteiger partial charge in [0.05, 0.1) is 89.5 Å². The summed E-state index contributed by atoms with van der Waals surface area (Å²) >= 11 is 0. The smallest absolute Gasteiger partial charge is 0.407 e. The number of ketones is 3. The number of aliphatic carboxylic acids is 1. The number of fused-ring (bicyclic) bond motifs is 6. The minimum atomic E-state index is -2.44. The van der Waals surface area contributed by atoms with Crippen molar-refractivity contribution in [2.75, 3.05) is 136 Å². The number of para-hydroxylation sites is 1. The molecule has 5 aliphatic heterocycles. The second-order valence-electron chi connectivity index (χ2n) is 27.0. The van der Waals surface area contributed by atoms with E-state index in [9.17, 15) is 49.2 Å². The number of ether oxygens (including phenoxy) is 6. The number of Topliss-reactive ketones (excluding diaryl/α,β-unsaturated/α-hetero) is 3. The van der Waals surface area contributed by atoms with Crippen molar-refractivity contribution in [1.29, 1.82) is 0 Å². The summed E-state index contributed by atoms with van der Waals surface area (Å²) < 4.78 is 32.9. The SMILES string of the molecule is [CH][C@H](CC(=O)[C@@H](N)CNC(=O)CCOCCOCCOCCOC)C(=O)N[C@@H]([CH])C(=O)CC(CSSCCOC(=O)NCC(=O)[C@@]1(O)[C@H](O)[C@]2(CC)C=CCN3CC[C@@]4(c5cc([C@@]6(C)C[C@@H]7CN(CCc8c6[nH]c6ccccc86)C[C@](O)(CC)C7)c(OC)cc5N(C)[C@@H]14)[C@@H]32)C(=O)O. The van der Waals surface area contributed by atoms with Crippen molar-refractivity contribution < 1.29 is 82.4 Å². The van der Waals surface area contributed by atoms with Crippen LogP contribution >= 0.6 is 21.6 Å². The molecule has 2 bridgehead atoms. The number of carboxylic acids is 1. The minimum Gasteiger partial charge on any atom is -0.496 e. The molecule has 4 radical (unpaired) electrons. The van der Waals surface area contributed by atoms with E-state index in [0.717, 1.165) is 74.5 Å². The number of carbonyl (C=O) groups excluding carboxylic acids is 6. The zero-order valence-electron chi connectivity index (χ0n) is 56.6. The molecule has 2 saturated heterocycles. The van der Waals surface area contributed by atoms with Crippen LogP contribution in [0.2, 0.25) is 0 Å². The maximum atomic E-state index is 15.2. The molecule has 3 amide bonds. The standard InChI is InChI=1S/C70H98N8O17S2/c1-9-67(88)37-45-36-66(5,59-48(16-21-77(40-45)42-67)47-14-11-12-15-52(47)75-59)50-34-49-53(35-56(50)91-8)76(6)63-69(49)19-22-78-20-13-18-68(10-2,62(69)78)64(86)70(63,89)57(81)39-73-65(87)95-30-31-96-97-41-46(61(84)85)33-54(79)44(4)74-60(83)43(3)32-55(80)51(71)38-72-58(82)17-23-92-26-27-94-29-28-93-25-24-90-7/h3-4,11-15,18,34-35,43-46,51,62-64,75,86,88-89H,9-10,16-17,19-33,36-42,71H2,1-2,5-8H3,(H,72,82)(H,73,87)(H,74,83)(H,84,85)/t43-,44+,45+,46?,51+,62+,63-,64-,66-,67+,68-,69-,70+/m1/s1. The molecule has 27 heteroatoms. The van der Waals surface area contributed by atoms with Gasteiger partial charge in [-0.3, -0.25) is 38.6 Å². The van der Waals surface area contributed by atoms with E-state index in [2.05, 4.69) is 68.8 Å². The van der Waals surface area contributed by atoms with Gasteiger partial charge in [0.15, 0.2) is 23.0 Å². The van der Waals surface area contributed by atoms with Gasteiger partial charge in [0.2, 0.25) is 11.8 Å². The van der Waals surface area contributed by atoms with Gasteiger partial charge in [-0.05, 0) is 95.0 Å². The molecule has 1 aromatic heterocycles. The molecule has 1 aliphatic carbocycles. The van der Waals surface area contributed by atoms with Crippen LogP contribution in [0.15, 0.2) is 48.6 Å². The Morgan fingerprint density at radius 1 is 0.866 bits per heavy atom. The summed E-state index contributed by atoms with van der Waals surface area (Å²) in [5, 5.41) is 57.1. The molecule has 10 N–H and O–H groups in total. The zero-order valence-corrected chi connectivity index (χ0v) is 58.2. The number of aromatic nitrogens is 1. The van der Waals surface area contributed by atoms with E-state index in [0.29, 0.717) is 90.5 Å². The molecular formula is C70H98N8O17S2. The predicted molar refractivity (Wildman–Crippen MR) is 366 cm³/mol. The van der Waals surface area contributed by atoms with Crippen LogP contribution in [0, 0.1) is 37.0 Å². The molecule has 3 fully saturated rings. The monoisotopic (exact) mass is 1390 g/mol. The Kier molecular flexibility index (Phi) is 25.5. The Balaban J connectivity index is 0.780. The van der Waals surface area contributed by atoms with Crippen molar-refractivity contribution in [3.05, 3.63) is 84.8 Å². The number of benzene rings is 2. The molecule has 14 atom stereocenters. The number of nitrogens with one attached hydrogen (secondary N) is 4. The van der Waals surface area contributed by atoms with Gasteiger partial charge in [-0.15, -0.1) is 0 Å². The van der Waals surface area contributed by atoms with Crippen molar-refractivity contribution in [2.45, 2.75) is 131 Å². The summed E-state index contributed by atoms with van der Waals surface area (Å²) in [6, 6.07) is 8.52. The maximum Gasteiger partial charge on any atom is 0.407 e. The fourth-order valence-corrected chi connectivity index (χ4v) is 18.5. The Morgan fingerprint density at radius 2 is 1.59 bits per heavy atom. The van der Waals surface area contributed by atoms with Crippen molar-refractivity contribution in [3.63, 3.8) is 0 Å². The van der Waals surface area contributed by atoms with E-state index < -0.39 is 124 Å². The third-order valence-corrected chi connectivity index (χ3v) is 23.5. The first kappa shape index (κ1) is 75.5. The number of anilines is 1. The number of aliphatic hydroxyl groups excluding tert-OH is 1. The van der Waals surface area contributed by atoms with E-state index in [1.807, 2.05) is 43.2 Å². The molecule has 97 heavy (non-hydrogen) atoms. The molecule has 25 nitrogen and oxygen atoms in total. The molecule has 6 heterocycles. The number of hydrogen-bond acceptors (Lipinski definition) is 22. The summed E-state index contributed by atoms with van der Waals surface area (Å²) in [4.78, 5) is 103. The highest BCUT2D eigenvalue weighted by Crippen LogP contribution is 2.68.